The molecule has 17 nitrogen and oxygen atoms in total. The first-order valence-corrected chi connectivity index (χ1v) is 23.5. The molecule has 20 heteroatoms. The highest BCUT2D eigenvalue weighted by Gasteiger charge is 2.44. The molecule has 0 radical (unpaired) electrons. The van der Waals surface area contributed by atoms with E-state index in [1.165, 1.54) is 25.3 Å². The predicted molar refractivity (Wildman–Crippen MR) is 271 cm³/mol. The molecule has 3 aliphatic rings. The molecule has 1 fully saturated rings. The van der Waals surface area contributed by atoms with Gasteiger partial charge in [-0.1, -0.05) is 69.7 Å². The highest BCUT2D eigenvalue weighted by atomic mass is 19.4. The number of benzene rings is 2. The second kappa shape index (κ2) is 27.1. The molecule has 2 aromatic heterocycles. The number of Topliss-reactive ketones (excluding diaryl/α,β-unsaturated/α-hetero) is 4. The maximum absolute atomic E-state index is 13.4. The van der Waals surface area contributed by atoms with E-state index in [9.17, 15) is 46.7 Å². The van der Waals surface area contributed by atoms with Crippen LogP contribution in [0.2, 0.25) is 0 Å². The SMILES string of the molecule is CC(=O)CC(=O)OC(C)C.CC(=O)O.CC1(C)CC(=O)CC(=O)C1.CC1=C(C(=O)OC(C)C)C(c2cn[nH]c2-c2ccc(C)cc2)C2=C(CC(C)(C)CC2=O)N1.N.O=Cc1cn[nH]c1-c1ccc(C(F)(F)F)cc1. The number of aromatic nitrogens is 4. The zero-order valence-corrected chi connectivity index (χ0v) is 44.1. The second-order valence-corrected chi connectivity index (χ2v) is 20.1. The lowest BCUT2D eigenvalue weighted by atomic mass is 9.68. The summed E-state index contributed by atoms with van der Waals surface area (Å²) in [5, 5.41) is 24.4. The number of alkyl halides is 3. The van der Waals surface area contributed by atoms with Crippen LogP contribution in [0.15, 0.2) is 83.5 Å². The van der Waals surface area contributed by atoms with E-state index in [2.05, 4.69) is 39.6 Å². The number of carbonyl (C=O) groups is 8. The minimum absolute atomic E-state index is 0. The standard InChI is InChI=1S/C26H31N3O3.C11H7F3N2O.C8H12O2.C7H12O3.C2H4O2.H3N/c1-14(2)32-25(31)21-16(4)28-19-11-26(5,6)12-20(30)23(19)22(21)18-13-27-29-24(18)17-9-7-15(3)8-10-17;12-11(13,14)9-3-1-7(2-4-9)10-8(6-17)5-15-16-10;1-8(2)4-6(9)3-7(10)5-8;1-5(2)10-7(9)4-6(3)8;1-2(3)4;/h7-10,13-14,22,28H,11-12H2,1-6H3,(H,27,29);1-6H,(H,15,16);3-5H2,1-2H3;5H,4H2,1-3H3;1H3,(H,3,4);1H3. The van der Waals surface area contributed by atoms with Gasteiger partial charge >= 0.3 is 18.1 Å². The molecular weight excluding hydrogens is 966 g/mol. The van der Waals surface area contributed by atoms with E-state index < -0.39 is 35.6 Å². The van der Waals surface area contributed by atoms with Crippen molar-refractivity contribution in [3.8, 4) is 22.5 Å². The Morgan fingerprint density at radius 1 is 0.770 bits per heavy atom. The fourth-order valence-electron chi connectivity index (χ4n) is 8.19. The Morgan fingerprint density at radius 2 is 1.26 bits per heavy atom. The highest BCUT2D eigenvalue weighted by Crippen LogP contribution is 2.48. The van der Waals surface area contributed by atoms with Crippen LogP contribution in [0, 0.1) is 17.8 Å². The molecule has 74 heavy (non-hydrogen) atoms. The van der Waals surface area contributed by atoms with Crippen LogP contribution in [-0.2, 0) is 49.2 Å². The number of aryl methyl sites for hydroxylation is 1. The zero-order chi connectivity index (χ0) is 55.2. The van der Waals surface area contributed by atoms with Gasteiger partial charge in [-0.25, -0.2) is 4.79 Å². The number of halogens is 3. The normalized spacial score (nSPS) is 16.4. The summed E-state index contributed by atoms with van der Waals surface area (Å²) in [7, 11) is 0. The third-order valence-corrected chi connectivity index (χ3v) is 10.9. The summed E-state index contributed by atoms with van der Waals surface area (Å²) in [6.45, 7) is 21.6. The molecule has 7 rings (SSSR count). The van der Waals surface area contributed by atoms with Gasteiger partial charge in [-0.15, -0.1) is 0 Å². The van der Waals surface area contributed by atoms with Crippen molar-refractivity contribution in [2.75, 3.05) is 0 Å². The van der Waals surface area contributed by atoms with Gasteiger partial charge in [-0.3, -0.25) is 43.8 Å². The molecule has 1 atom stereocenters. The lowest BCUT2D eigenvalue weighted by Gasteiger charge is -2.39. The number of aromatic amines is 2. The Morgan fingerprint density at radius 3 is 1.74 bits per heavy atom. The number of carboxylic acid groups (broad SMARTS) is 1. The second-order valence-electron chi connectivity index (χ2n) is 20.1. The van der Waals surface area contributed by atoms with Crippen molar-refractivity contribution >= 4 is 47.3 Å². The first-order chi connectivity index (χ1) is 33.8. The van der Waals surface area contributed by atoms with E-state index >= 15 is 0 Å². The smallest absolute Gasteiger partial charge is 0.416 e. The monoisotopic (exact) mass is 1030 g/mol. The van der Waals surface area contributed by atoms with Crippen molar-refractivity contribution in [3.05, 3.63) is 106 Å². The molecule has 2 aromatic carbocycles. The molecule has 0 saturated heterocycles. The van der Waals surface area contributed by atoms with Crippen LogP contribution in [-0.4, -0.2) is 85.0 Å². The molecule has 2 aliphatic carbocycles. The molecule has 4 aromatic rings. The fourth-order valence-corrected chi connectivity index (χ4v) is 8.19. The summed E-state index contributed by atoms with van der Waals surface area (Å²) in [6, 6.07) is 12.6. The number of allylic oxidation sites excluding steroid dienone is 3. The minimum Gasteiger partial charge on any atom is -0.481 e. The van der Waals surface area contributed by atoms with E-state index in [0.717, 1.165) is 59.3 Å². The van der Waals surface area contributed by atoms with Crippen LogP contribution >= 0.6 is 0 Å². The average Bonchev–Trinajstić information content (AvgIpc) is 3.92. The van der Waals surface area contributed by atoms with E-state index in [-0.39, 0.29) is 65.2 Å². The molecule has 1 unspecified atom stereocenters. The van der Waals surface area contributed by atoms with Crippen LogP contribution in [0.1, 0.15) is 148 Å². The van der Waals surface area contributed by atoms with Crippen molar-refractivity contribution < 1.29 is 66.1 Å². The number of hydrogen-bond donors (Lipinski definition) is 5. The Bertz CT molecular complexity index is 2680. The summed E-state index contributed by atoms with van der Waals surface area (Å²) in [5.74, 6) is -2.12. The first-order valence-electron chi connectivity index (χ1n) is 23.5. The molecule has 1 saturated carbocycles. The van der Waals surface area contributed by atoms with Crippen LogP contribution in [0.5, 0.6) is 0 Å². The Balaban J connectivity index is 0.000000372. The molecule has 3 heterocycles. The van der Waals surface area contributed by atoms with E-state index in [1.54, 1.807) is 20.0 Å². The maximum atomic E-state index is 13.4. The van der Waals surface area contributed by atoms with Gasteiger partial charge in [0.05, 0.1) is 65.0 Å². The summed E-state index contributed by atoms with van der Waals surface area (Å²) in [6.07, 6.45) is 1.26. The van der Waals surface area contributed by atoms with Gasteiger partial charge in [0, 0.05) is 54.3 Å². The molecular formula is C54H69F3N6O11. The Labute approximate surface area is 429 Å². The first kappa shape index (κ1) is 62.8. The number of aldehydes is 1. The van der Waals surface area contributed by atoms with Gasteiger partial charge in [-0.2, -0.15) is 23.4 Å². The number of nitrogens with zero attached hydrogens (tertiary/aromatic N) is 2. The van der Waals surface area contributed by atoms with Crippen LogP contribution in [0.3, 0.4) is 0 Å². The third kappa shape index (κ3) is 19.2. The molecule has 402 valence electrons. The van der Waals surface area contributed by atoms with Crippen molar-refractivity contribution in [3.63, 3.8) is 0 Å². The van der Waals surface area contributed by atoms with E-state index in [0.29, 0.717) is 53.5 Å². The summed E-state index contributed by atoms with van der Waals surface area (Å²) >= 11 is 0. The number of hydrogen-bond acceptors (Lipinski definition) is 14. The number of rotatable bonds is 9. The van der Waals surface area contributed by atoms with Gasteiger partial charge in [0.2, 0.25) is 0 Å². The van der Waals surface area contributed by atoms with E-state index in [4.69, 9.17) is 19.4 Å². The number of nitrogens with one attached hydrogen (secondary N) is 3. The largest absolute Gasteiger partial charge is 0.481 e. The third-order valence-electron chi connectivity index (χ3n) is 10.9. The van der Waals surface area contributed by atoms with Crippen molar-refractivity contribution in [1.29, 1.82) is 0 Å². The predicted octanol–water partition coefficient (Wildman–Crippen LogP) is 10.4. The van der Waals surface area contributed by atoms with Crippen molar-refractivity contribution in [1.82, 2.24) is 31.9 Å². The zero-order valence-electron chi connectivity index (χ0n) is 44.1. The van der Waals surface area contributed by atoms with Gasteiger partial charge in [0.25, 0.3) is 5.97 Å². The van der Waals surface area contributed by atoms with Crippen LogP contribution < -0.4 is 11.5 Å². The molecule has 1 aliphatic heterocycles. The Hall–Kier alpha value is -7.35. The number of carbonyl (C=O) groups excluding carboxylic acids is 7. The van der Waals surface area contributed by atoms with Gasteiger partial charge in [0.15, 0.2) is 12.1 Å². The topological polar surface area (TPSA) is 280 Å². The lowest BCUT2D eigenvalue weighted by molar-refractivity contribution is -0.149. The highest BCUT2D eigenvalue weighted by molar-refractivity contribution is 6.05. The van der Waals surface area contributed by atoms with Crippen molar-refractivity contribution in [2.24, 2.45) is 10.8 Å². The molecule has 0 amide bonds. The number of H-pyrrole nitrogens is 2. The number of carboxylic acids is 1. The number of esters is 2. The van der Waals surface area contributed by atoms with Crippen LogP contribution in [0.25, 0.3) is 22.5 Å². The minimum atomic E-state index is -4.36. The summed E-state index contributed by atoms with van der Waals surface area (Å²) in [5.41, 5.74) is 6.74. The number of aliphatic carboxylic acids is 1. The summed E-state index contributed by atoms with van der Waals surface area (Å²) < 4.78 is 47.3. The van der Waals surface area contributed by atoms with Crippen LogP contribution in [0.4, 0.5) is 13.2 Å². The quantitative estimate of drug-likeness (QED) is 0.0592. The van der Waals surface area contributed by atoms with E-state index in [1.807, 2.05) is 65.8 Å². The fraction of sp³-hybridized carbons (Fsp3) is 0.444. The number of ether oxygens (including phenoxy) is 2. The number of ketones is 4. The molecule has 0 bridgehead atoms. The van der Waals surface area contributed by atoms with Gasteiger partial charge < -0.3 is 26.0 Å². The maximum Gasteiger partial charge on any atom is 0.416 e. The van der Waals surface area contributed by atoms with Gasteiger partial charge in [-0.05, 0) is 83.4 Å². The number of dihydropyridines is 1. The molecule has 7 N–H and O–H groups in total. The van der Waals surface area contributed by atoms with Crippen molar-refractivity contribution in [2.45, 2.75) is 146 Å². The molecule has 0 spiro atoms. The van der Waals surface area contributed by atoms with Gasteiger partial charge in [0.1, 0.15) is 23.8 Å². The summed E-state index contributed by atoms with van der Waals surface area (Å²) in [4.78, 5) is 89.0. The average molecular weight is 1040 g/mol. The lowest BCUT2D eigenvalue weighted by Crippen LogP contribution is -2.39. The Kier molecular flexibility index (Phi) is 23.0.